The van der Waals surface area contributed by atoms with Gasteiger partial charge in [0.15, 0.2) is 12.4 Å². The first kappa shape index (κ1) is 44.1. The molecule has 306 valence electrons. The molecule has 3 saturated heterocycles. The van der Waals surface area contributed by atoms with Crippen LogP contribution in [0, 0.1) is 5.41 Å². The number of unbranched alkanes of at least 4 members (excludes halogenated alkanes) is 4. The Morgan fingerprint density at radius 3 is 2.39 bits per heavy atom. The summed E-state index contributed by atoms with van der Waals surface area (Å²) in [6.07, 6.45) is 9.26. The van der Waals surface area contributed by atoms with Crippen molar-refractivity contribution in [3.05, 3.63) is 36.5 Å². The molecule has 10 atom stereocenters. The Hall–Kier alpha value is -2.65. The van der Waals surface area contributed by atoms with Gasteiger partial charge in [-0.15, -0.1) is 6.58 Å². The van der Waals surface area contributed by atoms with E-state index in [0.717, 1.165) is 44.9 Å². The maximum absolute atomic E-state index is 13.4. The van der Waals surface area contributed by atoms with Gasteiger partial charge in [0.25, 0.3) is 0 Å². The molecule has 54 heavy (non-hydrogen) atoms. The number of rotatable bonds is 11. The minimum atomic E-state index is -2.27. The molecule has 3 fully saturated rings. The van der Waals surface area contributed by atoms with Crippen LogP contribution in [-0.2, 0) is 47.5 Å². The first-order valence-corrected chi connectivity index (χ1v) is 19.9. The smallest absolute Gasteiger partial charge is 0.330 e. The lowest BCUT2D eigenvalue weighted by molar-refractivity contribution is -0.327. The van der Waals surface area contributed by atoms with E-state index >= 15 is 0 Å². The third-order valence-corrected chi connectivity index (χ3v) is 10.9. The maximum atomic E-state index is 13.4. The molecule has 0 radical (unpaired) electrons. The van der Waals surface area contributed by atoms with Crippen LogP contribution in [0.15, 0.2) is 36.5 Å². The molecule has 0 aromatic rings. The first-order chi connectivity index (χ1) is 25.8. The van der Waals surface area contributed by atoms with Crippen molar-refractivity contribution in [2.45, 2.75) is 184 Å². The summed E-state index contributed by atoms with van der Waals surface area (Å²) in [7, 11) is 1.22. The number of aliphatic hydroxyl groups excluding tert-OH is 2. The van der Waals surface area contributed by atoms with Crippen LogP contribution in [0.2, 0.25) is 0 Å². The predicted molar refractivity (Wildman–Crippen MR) is 198 cm³/mol. The van der Waals surface area contributed by atoms with Crippen molar-refractivity contribution in [2.75, 3.05) is 13.7 Å². The van der Waals surface area contributed by atoms with E-state index in [-0.39, 0.29) is 62.1 Å². The Morgan fingerprint density at radius 2 is 1.69 bits per heavy atom. The highest BCUT2D eigenvalue weighted by Crippen LogP contribution is 2.47. The van der Waals surface area contributed by atoms with Crippen molar-refractivity contribution in [3.8, 4) is 0 Å². The van der Waals surface area contributed by atoms with E-state index < -0.39 is 66.4 Å². The van der Waals surface area contributed by atoms with E-state index in [1.807, 2.05) is 0 Å². The van der Waals surface area contributed by atoms with Gasteiger partial charge in [0, 0.05) is 43.6 Å². The van der Waals surface area contributed by atoms with Gasteiger partial charge in [0.2, 0.25) is 5.79 Å². The lowest BCUT2D eigenvalue weighted by Crippen LogP contribution is -2.62. The Labute approximate surface area is 320 Å². The fraction of sp³-hybridized carbons (Fsp3) is 0.780. The van der Waals surface area contributed by atoms with Crippen LogP contribution in [0.1, 0.15) is 124 Å². The van der Waals surface area contributed by atoms with E-state index in [4.69, 9.17) is 33.2 Å². The van der Waals surface area contributed by atoms with Gasteiger partial charge in [-0.05, 0) is 50.2 Å². The number of cyclic esters (lactones) is 1. The second-order valence-corrected chi connectivity index (χ2v) is 15.8. The van der Waals surface area contributed by atoms with E-state index in [1.165, 1.54) is 13.2 Å². The van der Waals surface area contributed by atoms with Crippen molar-refractivity contribution in [3.63, 3.8) is 0 Å². The minimum absolute atomic E-state index is 0.0116. The number of hydrogen-bond acceptors (Lipinski definition) is 13. The summed E-state index contributed by atoms with van der Waals surface area (Å²) in [5.41, 5.74) is -1.08. The molecule has 2 unspecified atom stereocenters. The summed E-state index contributed by atoms with van der Waals surface area (Å²) >= 11 is 0. The fourth-order valence-corrected chi connectivity index (χ4v) is 7.89. The molecular weight excluding hydrogens is 700 g/mol. The molecule has 0 aromatic carbocycles. The van der Waals surface area contributed by atoms with Gasteiger partial charge in [-0.25, -0.2) is 4.79 Å². The van der Waals surface area contributed by atoms with Crippen LogP contribution in [0.3, 0.4) is 0 Å². The minimum Gasteiger partial charge on any atom is -0.466 e. The monoisotopic (exact) mass is 764 g/mol. The lowest BCUT2D eigenvalue weighted by atomic mass is 9.74. The molecule has 3 N–H and O–H groups in total. The second-order valence-electron chi connectivity index (χ2n) is 15.8. The van der Waals surface area contributed by atoms with Gasteiger partial charge in [0.05, 0.1) is 56.8 Å². The maximum Gasteiger partial charge on any atom is 0.330 e. The van der Waals surface area contributed by atoms with Gasteiger partial charge < -0.3 is 48.5 Å². The van der Waals surface area contributed by atoms with Gasteiger partial charge in [-0.2, -0.15) is 0 Å². The molecule has 0 amide bonds. The first-order valence-electron chi connectivity index (χ1n) is 19.9. The van der Waals surface area contributed by atoms with Crippen molar-refractivity contribution in [1.29, 1.82) is 0 Å². The number of esters is 3. The van der Waals surface area contributed by atoms with Crippen LogP contribution >= 0.6 is 0 Å². The third-order valence-electron chi connectivity index (χ3n) is 10.9. The zero-order valence-corrected chi connectivity index (χ0v) is 32.7. The zero-order chi connectivity index (χ0) is 39.3. The van der Waals surface area contributed by atoms with Crippen LogP contribution in [-0.4, -0.2) is 108 Å². The number of ether oxygens (including phenoxy) is 7. The largest absolute Gasteiger partial charge is 0.466 e. The highest BCUT2D eigenvalue weighted by molar-refractivity contribution is 5.83. The van der Waals surface area contributed by atoms with Gasteiger partial charge >= 0.3 is 17.9 Å². The number of fused-ring (bicyclic) bond motifs is 6. The predicted octanol–water partition coefficient (Wildman–Crippen LogP) is 5.27. The molecule has 0 spiro atoms. The third kappa shape index (κ3) is 12.7. The van der Waals surface area contributed by atoms with Gasteiger partial charge in [-0.3, -0.25) is 9.59 Å². The molecule has 4 rings (SSSR count). The molecule has 0 aliphatic carbocycles. The van der Waals surface area contributed by atoms with E-state index in [9.17, 15) is 29.7 Å². The quantitative estimate of drug-likeness (QED) is 0.0816. The molecule has 4 aliphatic heterocycles. The van der Waals surface area contributed by atoms with E-state index in [0.29, 0.717) is 25.7 Å². The lowest BCUT2D eigenvalue weighted by Gasteiger charge is -2.51. The highest BCUT2D eigenvalue weighted by atomic mass is 16.7. The molecule has 4 heterocycles. The number of carbonyl (C=O) groups excluding carboxylic acids is 3. The number of hydrogen-bond donors (Lipinski definition) is 3. The van der Waals surface area contributed by atoms with Crippen molar-refractivity contribution in [1.82, 2.24) is 0 Å². The van der Waals surface area contributed by atoms with E-state index in [1.54, 1.807) is 32.1 Å². The molecule has 13 nitrogen and oxygen atoms in total. The normalized spacial score (nSPS) is 36.3. The summed E-state index contributed by atoms with van der Waals surface area (Å²) in [6, 6.07) is 0. The molecule has 4 aliphatic rings. The van der Waals surface area contributed by atoms with Gasteiger partial charge in [-0.1, -0.05) is 58.6 Å². The van der Waals surface area contributed by atoms with Crippen molar-refractivity contribution in [2.24, 2.45) is 5.41 Å². The Kier molecular flexibility index (Phi) is 17.2. The van der Waals surface area contributed by atoms with Crippen LogP contribution < -0.4 is 0 Å². The Morgan fingerprint density at radius 1 is 0.963 bits per heavy atom. The molecule has 0 aromatic heterocycles. The Bertz CT molecular complexity index is 1300. The number of aliphatic hydroxyl groups is 3. The summed E-state index contributed by atoms with van der Waals surface area (Å²) in [6.45, 7) is 8.86. The van der Waals surface area contributed by atoms with Crippen molar-refractivity contribution >= 4 is 17.9 Å². The van der Waals surface area contributed by atoms with Gasteiger partial charge in [0.1, 0.15) is 6.10 Å². The average molecular weight is 765 g/mol. The SMILES string of the molecule is C=CC[C@H]1CC2CC3CCC[C@@H](C[C@@H](O)CC(=O)O[C@@H](CO)C[C@@H]4C/C(=C\C(=O)OC)[C@H](OC(=O)CCCCCCC)[C@@](O)(O4)C(C)(C)/C=C/[C@H](O2)O1)O3. The zero-order valence-electron chi connectivity index (χ0n) is 32.7. The fourth-order valence-electron chi connectivity index (χ4n) is 7.89. The molecule has 0 saturated carbocycles. The van der Waals surface area contributed by atoms with E-state index in [2.05, 4.69) is 13.5 Å². The topological polar surface area (TPSA) is 177 Å². The number of carbonyl (C=O) groups is 3. The summed E-state index contributed by atoms with van der Waals surface area (Å²) in [4.78, 5) is 39.1. The summed E-state index contributed by atoms with van der Waals surface area (Å²) in [5, 5.41) is 33.9. The number of methoxy groups -OCH3 is 1. The summed E-state index contributed by atoms with van der Waals surface area (Å²) in [5.74, 6) is -4.26. The average Bonchev–Trinajstić information content (AvgIpc) is 3.11. The second kappa shape index (κ2) is 21.0. The van der Waals surface area contributed by atoms with Crippen LogP contribution in [0.25, 0.3) is 0 Å². The van der Waals surface area contributed by atoms with Crippen LogP contribution in [0.4, 0.5) is 0 Å². The van der Waals surface area contributed by atoms with Crippen molar-refractivity contribution < 1.29 is 62.9 Å². The molecular formula is C41H64O13. The highest BCUT2D eigenvalue weighted by Gasteiger charge is 2.57. The summed E-state index contributed by atoms with van der Waals surface area (Å²) < 4.78 is 42.2. The Balaban J connectivity index is 1.72. The standard InChI is InChI=1S/C41H64O13/c1-6-8-9-10-11-16-35(44)53-39-27(20-36(45)48-5)19-33-25-34(26-42)50-37(46)22-28(43)21-30-14-12-15-31(49-30)24-32-23-29(13-7-2)51-38(52-32)17-18-40(3,4)41(39,47)54-33/h7,17-18,20,28-34,38-39,42-43,47H,2,6,8-16,19,21-26H2,1,3-5H3/b18-17+,27-20+/t28-,29+,30+,31?,32?,33+,34-,38+,39+,41-/m1/s1. The van der Waals surface area contributed by atoms with Crippen LogP contribution in [0.5, 0.6) is 0 Å². The molecule has 6 bridgehead atoms. The molecule has 13 heteroatoms.